The van der Waals surface area contributed by atoms with E-state index in [0.29, 0.717) is 16.5 Å². The maximum atomic E-state index is 12.6. The first-order chi connectivity index (χ1) is 15.5. The number of hydrogen-bond acceptors (Lipinski definition) is 5. The molecule has 2 amide bonds. The van der Waals surface area contributed by atoms with Crippen LogP contribution in [0.25, 0.3) is 21.9 Å². The van der Waals surface area contributed by atoms with Gasteiger partial charge in [0.1, 0.15) is 5.75 Å². The molecule has 0 spiro atoms. The number of hydrazine groups is 1. The molecule has 3 aromatic carbocycles. The molecule has 0 saturated heterocycles. The maximum Gasteiger partial charge on any atom is 0.290 e. The molecule has 0 radical (unpaired) electrons. The zero-order valence-corrected chi connectivity index (χ0v) is 17.2. The zero-order valence-electron chi connectivity index (χ0n) is 17.2. The lowest BCUT2D eigenvalue weighted by atomic mass is 10.1. The van der Waals surface area contributed by atoms with Crippen molar-refractivity contribution in [1.29, 1.82) is 0 Å². The van der Waals surface area contributed by atoms with E-state index >= 15 is 0 Å². The molecular weight excluding hydrogens is 408 g/mol. The number of carbonyl (C=O) groups is 2. The van der Waals surface area contributed by atoms with Crippen molar-refractivity contribution in [3.05, 3.63) is 94.9 Å². The lowest BCUT2D eigenvalue weighted by molar-refractivity contribution is -0.123. The lowest BCUT2D eigenvalue weighted by Gasteiger charge is -2.12. The summed E-state index contributed by atoms with van der Waals surface area (Å²) < 4.78 is 6.76. The van der Waals surface area contributed by atoms with E-state index in [1.165, 1.54) is 7.05 Å². The Labute approximate surface area is 183 Å². The molecule has 8 nitrogen and oxygen atoms in total. The number of amides is 2. The number of ether oxygens (including phenoxy) is 1. The number of aromatic nitrogens is 2. The van der Waals surface area contributed by atoms with Crippen molar-refractivity contribution in [2.24, 2.45) is 7.05 Å². The first kappa shape index (κ1) is 20.8. The third kappa shape index (κ3) is 4.34. The van der Waals surface area contributed by atoms with Gasteiger partial charge in [-0.1, -0.05) is 66.7 Å². The predicted octanol–water partition coefficient (Wildman–Crippen LogP) is 2.44. The third-order valence-electron chi connectivity index (χ3n) is 4.82. The second-order valence-corrected chi connectivity index (χ2v) is 6.98. The Morgan fingerprint density at radius 1 is 0.875 bits per heavy atom. The number of aryl methyl sites for hydroxylation is 1. The molecule has 4 rings (SSSR count). The Hall–Kier alpha value is -4.46. The van der Waals surface area contributed by atoms with Gasteiger partial charge in [0.15, 0.2) is 12.3 Å². The van der Waals surface area contributed by atoms with Gasteiger partial charge < -0.3 is 4.74 Å². The summed E-state index contributed by atoms with van der Waals surface area (Å²) in [6.07, 6.45) is 0. The fourth-order valence-corrected chi connectivity index (χ4v) is 3.28. The summed E-state index contributed by atoms with van der Waals surface area (Å²) in [6.45, 7) is -0.300. The van der Waals surface area contributed by atoms with Crippen molar-refractivity contribution in [2.75, 3.05) is 6.61 Å². The minimum Gasteiger partial charge on any atom is -0.483 e. The number of para-hydroxylation sites is 1. The first-order valence-corrected chi connectivity index (χ1v) is 9.87. The van der Waals surface area contributed by atoms with Crippen LogP contribution in [0, 0.1) is 0 Å². The van der Waals surface area contributed by atoms with Gasteiger partial charge >= 0.3 is 0 Å². The van der Waals surface area contributed by atoms with E-state index in [1.54, 1.807) is 30.3 Å². The van der Waals surface area contributed by atoms with Crippen LogP contribution in [0.5, 0.6) is 5.75 Å². The van der Waals surface area contributed by atoms with Crippen molar-refractivity contribution >= 4 is 22.6 Å². The van der Waals surface area contributed by atoms with E-state index in [1.807, 2.05) is 48.5 Å². The number of nitrogens with zero attached hydrogens (tertiary/aromatic N) is 2. The summed E-state index contributed by atoms with van der Waals surface area (Å²) in [7, 11) is 1.46. The van der Waals surface area contributed by atoms with E-state index in [9.17, 15) is 14.4 Å². The number of carbonyl (C=O) groups excluding carboxylic acids is 2. The van der Waals surface area contributed by atoms with Crippen LogP contribution >= 0.6 is 0 Å². The Bertz CT molecular complexity index is 1350. The molecule has 0 bridgehead atoms. The van der Waals surface area contributed by atoms with Crippen molar-refractivity contribution in [2.45, 2.75) is 0 Å². The van der Waals surface area contributed by atoms with Gasteiger partial charge in [-0.2, -0.15) is 5.10 Å². The Morgan fingerprint density at radius 2 is 1.53 bits per heavy atom. The molecular formula is C24H20N4O4. The Kier molecular flexibility index (Phi) is 5.94. The molecule has 0 saturated carbocycles. The molecule has 0 atom stereocenters. The highest BCUT2D eigenvalue weighted by Gasteiger charge is 2.16. The summed E-state index contributed by atoms with van der Waals surface area (Å²) >= 11 is 0. The summed E-state index contributed by atoms with van der Waals surface area (Å²) in [4.78, 5) is 37.1. The second kappa shape index (κ2) is 9.13. The van der Waals surface area contributed by atoms with Crippen molar-refractivity contribution < 1.29 is 14.3 Å². The van der Waals surface area contributed by atoms with Gasteiger partial charge in [-0.25, -0.2) is 4.68 Å². The van der Waals surface area contributed by atoms with E-state index in [0.717, 1.165) is 15.8 Å². The molecule has 2 N–H and O–H groups in total. The number of rotatable bonds is 5. The SMILES string of the molecule is Cn1nc(C(=O)NNC(=O)COc2ccccc2-c2ccccc2)c2ccccc2c1=O. The second-order valence-electron chi connectivity index (χ2n) is 6.98. The number of nitrogens with one attached hydrogen (secondary N) is 2. The van der Waals surface area contributed by atoms with Crippen molar-refractivity contribution in [3.8, 4) is 16.9 Å². The van der Waals surface area contributed by atoms with Gasteiger partial charge in [0.25, 0.3) is 17.4 Å². The highest BCUT2D eigenvalue weighted by molar-refractivity contribution is 6.05. The molecule has 8 heteroatoms. The minimum atomic E-state index is -0.644. The minimum absolute atomic E-state index is 0.0262. The van der Waals surface area contributed by atoms with E-state index < -0.39 is 11.8 Å². The molecule has 1 heterocycles. The van der Waals surface area contributed by atoms with Gasteiger partial charge in [-0.15, -0.1) is 0 Å². The normalized spacial score (nSPS) is 10.5. The van der Waals surface area contributed by atoms with Crippen LogP contribution < -0.4 is 21.1 Å². The van der Waals surface area contributed by atoms with Crippen LogP contribution in [0.1, 0.15) is 10.5 Å². The highest BCUT2D eigenvalue weighted by Crippen LogP contribution is 2.29. The topological polar surface area (TPSA) is 102 Å². The van der Waals surface area contributed by atoms with Crippen LogP contribution in [-0.2, 0) is 11.8 Å². The monoisotopic (exact) mass is 428 g/mol. The Balaban J connectivity index is 1.42. The molecule has 1 aromatic heterocycles. The molecule has 0 aliphatic heterocycles. The van der Waals surface area contributed by atoms with Crippen LogP contribution in [0.2, 0.25) is 0 Å². The first-order valence-electron chi connectivity index (χ1n) is 9.87. The maximum absolute atomic E-state index is 12.6. The van der Waals surface area contributed by atoms with Crippen LogP contribution in [0.4, 0.5) is 0 Å². The molecule has 0 aliphatic carbocycles. The summed E-state index contributed by atoms with van der Waals surface area (Å²) in [5.74, 6) is -0.643. The fraction of sp³-hybridized carbons (Fsp3) is 0.0833. The largest absolute Gasteiger partial charge is 0.483 e. The number of fused-ring (bicyclic) bond motifs is 1. The van der Waals surface area contributed by atoms with Crippen LogP contribution in [0.15, 0.2) is 83.7 Å². The highest BCUT2D eigenvalue weighted by atomic mass is 16.5. The average Bonchev–Trinajstić information content (AvgIpc) is 2.84. The fourth-order valence-electron chi connectivity index (χ4n) is 3.28. The van der Waals surface area contributed by atoms with E-state index in [-0.39, 0.29) is 17.9 Å². The molecule has 32 heavy (non-hydrogen) atoms. The van der Waals surface area contributed by atoms with Gasteiger partial charge in [-0.3, -0.25) is 25.2 Å². The average molecular weight is 428 g/mol. The molecule has 0 aliphatic rings. The molecule has 0 fully saturated rings. The predicted molar refractivity (Wildman–Crippen MR) is 120 cm³/mol. The van der Waals surface area contributed by atoms with Crippen LogP contribution in [0.3, 0.4) is 0 Å². The summed E-state index contributed by atoms with van der Waals surface area (Å²) in [5, 5.41) is 4.79. The lowest BCUT2D eigenvalue weighted by Crippen LogP contribution is -2.44. The smallest absolute Gasteiger partial charge is 0.290 e. The van der Waals surface area contributed by atoms with Gasteiger partial charge in [0.2, 0.25) is 0 Å². The standard InChI is InChI=1S/C24H20N4O4/c1-28-24(31)19-13-6-5-12-18(19)22(27-28)23(30)26-25-21(29)15-32-20-14-8-7-11-17(20)16-9-3-2-4-10-16/h2-14H,15H2,1H3,(H,25,29)(H,26,30). The van der Waals surface area contributed by atoms with E-state index in [4.69, 9.17) is 4.74 Å². The number of hydrogen-bond donors (Lipinski definition) is 2. The molecule has 160 valence electrons. The zero-order chi connectivity index (χ0) is 22.5. The Morgan fingerprint density at radius 3 is 2.31 bits per heavy atom. The van der Waals surface area contributed by atoms with E-state index in [2.05, 4.69) is 16.0 Å². The van der Waals surface area contributed by atoms with Gasteiger partial charge in [-0.05, 0) is 17.7 Å². The van der Waals surface area contributed by atoms with Crippen LogP contribution in [-0.4, -0.2) is 28.2 Å². The van der Waals surface area contributed by atoms with Crippen molar-refractivity contribution in [3.63, 3.8) is 0 Å². The summed E-state index contributed by atoms with van der Waals surface area (Å²) in [5.41, 5.74) is 6.17. The van der Waals surface area contributed by atoms with Gasteiger partial charge in [0.05, 0.1) is 5.39 Å². The third-order valence-corrected chi connectivity index (χ3v) is 4.82. The van der Waals surface area contributed by atoms with Gasteiger partial charge in [0, 0.05) is 18.0 Å². The number of benzene rings is 3. The summed E-state index contributed by atoms with van der Waals surface area (Å²) in [6, 6.07) is 23.7. The molecule has 0 unspecified atom stereocenters. The quantitative estimate of drug-likeness (QED) is 0.476. The van der Waals surface area contributed by atoms with Crippen molar-refractivity contribution in [1.82, 2.24) is 20.6 Å². The molecule has 4 aromatic rings.